The lowest BCUT2D eigenvalue weighted by atomic mass is 10.2. The molecule has 1 N–H and O–H groups in total. The molecular weight excluding hydrogens is 328 g/mol. The molecule has 3 aromatic rings. The van der Waals surface area contributed by atoms with Crippen LogP contribution >= 0.6 is 11.3 Å². The molecule has 122 valence electrons. The van der Waals surface area contributed by atoms with Gasteiger partial charge in [0.25, 0.3) is 0 Å². The van der Waals surface area contributed by atoms with Crippen molar-refractivity contribution in [2.75, 3.05) is 12.5 Å². The molecule has 3 heterocycles. The van der Waals surface area contributed by atoms with Crippen molar-refractivity contribution in [2.45, 2.75) is 19.3 Å². The molecule has 0 saturated carbocycles. The first kappa shape index (κ1) is 14.8. The van der Waals surface area contributed by atoms with Crippen LogP contribution < -0.4 is 5.43 Å². The molecule has 0 aliphatic heterocycles. The second-order valence-electron chi connectivity index (χ2n) is 5.33. The van der Waals surface area contributed by atoms with Gasteiger partial charge in [-0.25, -0.2) is 14.8 Å². The number of aromatic nitrogens is 2. The summed E-state index contributed by atoms with van der Waals surface area (Å²) < 4.78 is 9.78. The maximum absolute atomic E-state index is 11.6. The second-order valence-corrected chi connectivity index (χ2v) is 6.41. The number of hydrogen-bond donors (Lipinski definition) is 1. The third-order valence-corrected chi connectivity index (χ3v) is 5.14. The highest BCUT2D eigenvalue weighted by Crippen LogP contribution is 2.38. The van der Waals surface area contributed by atoms with Gasteiger partial charge in [-0.2, -0.15) is 5.10 Å². The molecule has 0 unspecified atom stereocenters. The Hall–Kier alpha value is -2.74. The van der Waals surface area contributed by atoms with Crippen LogP contribution in [0.5, 0.6) is 0 Å². The highest BCUT2D eigenvalue weighted by molar-refractivity contribution is 7.19. The number of ether oxygens (including phenoxy) is 1. The highest BCUT2D eigenvalue weighted by atomic mass is 32.1. The van der Waals surface area contributed by atoms with Gasteiger partial charge in [-0.05, 0) is 30.9 Å². The van der Waals surface area contributed by atoms with Crippen molar-refractivity contribution in [1.82, 2.24) is 9.97 Å². The average molecular weight is 342 g/mol. The van der Waals surface area contributed by atoms with Gasteiger partial charge in [0.15, 0.2) is 5.82 Å². The Morgan fingerprint density at radius 3 is 3.25 bits per heavy atom. The van der Waals surface area contributed by atoms with Gasteiger partial charge < -0.3 is 9.15 Å². The van der Waals surface area contributed by atoms with E-state index in [0.717, 1.165) is 23.1 Å². The number of furan rings is 1. The number of anilines is 1. The Morgan fingerprint density at radius 1 is 1.46 bits per heavy atom. The number of hydrazone groups is 1. The molecule has 4 rings (SSSR count). The van der Waals surface area contributed by atoms with Crippen LogP contribution in [0.3, 0.4) is 0 Å². The van der Waals surface area contributed by atoms with E-state index in [4.69, 9.17) is 4.42 Å². The molecule has 0 aromatic carbocycles. The van der Waals surface area contributed by atoms with Crippen LogP contribution in [0.25, 0.3) is 10.2 Å². The fourth-order valence-electron chi connectivity index (χ4n) is 2.86. The van der Waals surface area contributed by atoms with Crippen molar-refractivity contribution in [3.63, 3.8) is 0 Å². The van der Waals surface area contributed by atoms with E-state index in [9.17, 15) is 4.79 Å². The summed E-state index contributed by atoms with van der Waals surface area (Å²) in [5, 5.41) is 5.24. The molecule has 24 heavy (non-hydrogen) atoms. The van der Waals surface area contributed by atoms with E-state index in [1.165, 1.54) is 42.8 Å². The van der Waals surface area contributed by atoms with Crippen molar-refractivity contribution >= 4 is 39.6 Å². The van der Waals surface area contributed by atoms with Crippen LogP contribution in [0.15, 0.2) is 28.2 Å². The number of thiophene rings is 1. The van der Waals surface area contributed by atoms with Crippen molar-refractivity contribution in [2.24, 2.45) is 5.10 Å². The van der Waals surface area contributed by atoms with E-state index in [1.807, 2.05) is 0 Å². The van der Waals surface area contributed by atoms with Crippen LogP contribution in [0.2, 0.25) is 0 Å². The lowest BCUT2D eigenvalue weighted by molar-refractivity contribution is 0.0565. The van der Waals surface area contributed by atoms with Crippen molar-refractivity contribution < 1.29 is 13.9 Å². The van der Waals surface area contributed by atoms with Gasteiger partial charge in [0.2, 0.25) is 5.76 Å². The average Bonchev–Trinajstić information content (AvgIpc) is 3.29. The van der Waals surface area contributed by atoms with Gasteiger partial charge in [-0.15, -0.1) is 11.3 Å². The van der Waals surface area contributed by atoms with Gasteiger partial charge in [0, 0.05) is 10.4 Å². The first-order valence-electron chi connectivity index (χ1n) is 7.48. The van der Waals surface area contributed by atoms with Crippen LogP contribution in [-0.2, 0) is 17.6 Å². The normalized spacial score (nSPS) is 13.5. The lowest BCUT2D eigenvalue weighted by Gasteiger charge is -2.02. The second kappa shape index (κ2) is 6.04. The minimum absolute atomic E-state index is 0.118. The Bertz CT molecular complexity index is 944. The van der Waals surface area contributed by atoms with Crippen molar-refractivity contribution in [3.05, 3.63) is 40.4 Å². The molecule has 1 aliphatic carbocycles. The third kappa shape index (κ3) is 2.44. The maximum atomic E-state index is 11.6. The molecule has 0 spiro atoms. The van der Waals surface area contributed by atoms with E-state index < -0.39 is 5.97 Å². The zero-order chi connectivity index (χ0) is 16.5. The predicted molar refractivity (Wildman–Crippen MR) is 90.7 cm³/mol. The zero-order valence-electron chi connectivity index (χ0n) is 12.9. The summed E-state index contributed by atoms with van der Waals surface area (Å²) in [7, 11) is 1.30. The number of esters is 1. The minimum Gasteiger partial charge on any atom is -0.463 e. The lowest BCUT2D eigenvalue weighted by Crippen LogP contribution is -2.03. The monoisotopic (exact) mass is 342 g/mol. The van der Waals surface area contributed by atoms with Gasteiger partial charge in [-0.1, -0.05) is 0 Å². The SMILES string of the molecule is COC(=O)c1occc1C=NNc1ncnc2sc3c(c12)CCC3. The number of nitrogens with one attached hydrogen (secondary N) is 1. The van der Waals surface area contributed by atoms with E-state index in [0.29, 0.717) is 11.4 Å². The summed E-state index contributed by atoms with van der Waals surface area (Å²) in [5.74, 6) is 0.257. The van der Waals surface area contributed by atoms with Crippen LogP contribution in [0.1, 0.15) is 33.0 Å². The molecule has 0 amide bonds. The number of hydrogen-bond acceptors (Lipinski definition) is 8. The van der Waals surface area contributed by atoms with Gasteiger partial charge in [-0.3, -0.25) is 5.43 Å². The Labute approximate surface area is 141 Å². The number of carbonyl (C=O) groups excluding carboxylic acids is 1. The maximum Gasteiger partial charge on any atom is 0.374 e. The first-order chi connectivity index (χ1) is 11.8. The van der Waals surface area contributed by atoms with Gasteiger partial charge >= 0.3 is 5.97 Å². The summed E-state index contributed by atoms with van der Waals surface area (Å²) in [6.45, 7) is 0. The molecular formula is C16H14N4O3S. The summed E-state index contributed by atoms with van der Waals surface area (Å²) in [6.07, 6.45) is 7.79. The number of carbonyl (C=O) groups is 1. The van der Waals surface area contributed by atoms with Crippen LogP contribution in [-0.4, -0.2) is 29.3 Å². The summed E-state index contributed by atoms with van der Waals surface area (Å²) >= 11 is 1.72. The number of methoxy groups -OCH3 is 1. The Kier molecular flexibility index (Phi) is 3.73. The van der Waals surface area contributed by atoms with Crippen molar-refractivity contribution in [3.8, 4) is 0 Å². The molecule has 3 aromatic heterocycles. The molecule has 1 aliphatic rings. The van der Waals surface area contributed by atoms with Crippen LogP contribution in [0.4, 0.5) is 5.82 Å². The minimum atomic E-state index is -0.540. The summed E-state index contributed by atoms with van der Waals surface area (Å²) in [6, 6.07) is 1.65. The topological polar surface area (TPSA) is 89.6 Å². The predicted octanol–water partition coefficient (Wildman–Crippen LogP) is 3.01. The largest absolute Gasteiger partial charge is 0.463 e. The molecule has 0 fully saturated rings. The van der Waals surface area contributed by atoms with Crippen LogP contribution in [0, 0.1) is 0 Å². The van der Waals surface area contributed by atoms with E-state index in [-0.39, 0.29) is 5.76 Å². The summed E-state index contributed by atoms with van der Waals surface area (Å²) in [5.41, 5.74) is 4.82. The van der Waals surface area contributed by atoms with E-state index >= 15 is 0 Å². The van der Waals surface area contributed by atoms with Crippen molar-refractivity contribution in [1.29, 1.82) is 0 Å². The van der Waals surface area contributed by atoms with E-state index in [1.54, 1.807) is 17.4 Å². The molecule has 0 radical (unpaired) electrons. The standard InChI is InChI=1S/C16H14N4O3S/c1-22-16(21)13-9(5-6-23-13)7-19-20-14-12-10-3-2-4-11(10)24-15(12)18-8-17-14/h5-8H,2-4H2,1H3,(H,17,18,20). The first-order valence-corrected chi connectivity index (χ1v) is 8.29. The molecule has 0 atom stereocenters. The number of fused-ring (bicyclic) bond motifs is 3. The molecule has 0 saturated heterocycles. The highest BCUT2D eigenvalue weighted by Gasteiger charge is 2.21. The molecule has 0 bridgehead atoms. The summed E-state index contributed by atoms with van der Waals surface area (Å²) in [4.78, 5) is 22.6. The third-order valence-electron chi connectivity index (χ3n) is 3.94. The zero-order valence-corrected chi connectivity index (χ0v) is 13.7. The smallest absolute Gasteiger partial charge is 0.374 e. The van der Waals surface area contributed by atoms with Gasteiger partial charge in [0.05, 0.1) is 25.0 Å². The number of nitrogens with zero attached hydrogens (tertiary/aromatic N) is 3. The fraction of sp³-hybridized carbons (Fsp3) is 0.250. The number of aryl methyl sites for hydroxylation is 2. The number of rotatable bonds is 4. The quantitative estimate of drug-likeness (QED) is 0.445. The molecule has 8 heteroatoms. The Morgan fingerprint density at radius 2 is 2.38 bits per heavy atom. The van der Waals surface area contributed by atoms with Gasteiger partial charge in [0.1, 0.15) is 11.2 Å². The molecule has 7 nitrogen and oxygen atoms in total. The Balaban J connectivity index is 1.62. The fourth-order valence-corrected chi connectivity index (χ4v) is 4.08. The van der Waals surface area contributed by atoms with E-state index in [2.05, 4.69) is 25.2 Å².